The van der Waals surface area contributed by atoms with E-state index < -0.39 is 0 Å². The molecule has 2 aromatic heterocycles. The number of hydrogen-bond donors (Lipinski definition) is 0. The Morgan fingerprint density at radius 1 is 0.690 bits per heavy atom. The van der Waals surface area contributed by atoms with E-state index in [-0.39, 0.29) is 5.92 Å². The summed E-state index contributed by atoms with van der Waals surface area (Å²) >= 11 is 1.54. The molecule has 0 spiro atoms. The van der Waals surface area contributed by atoms with Crippen molar-refractivity contribution in [3.8, 4) is 0 Å². The molecule has 0 aliphatic carbocycles. The fourth-order valence-corrected chi connectivity index (χ4v) is 4.16. The molecule has 0 amide bonds. The van der Waals surface area contributed by atoms with Crippen LogP contribution >= 0.6 is 11.3 Å². The van der Waals surface area contributed by atoms with E-state index in [4.69, 9.17) is 5.10 Å². The zero-order chi connectivity index (χ0) is 19.5. The van der Waals surface area contributed by atoms with Gasteiger partial charge >= 0.3 is 0 Å². The Hall–Kier alpha value is -3.57. The molecule has 29 heavy (non-hydrogen) atoms. The maximum atomic E-state index is 4.78. The maximum absolute atomic E-state index is 4.78. The van der Waals surface area contributed by atoms with Gasteiger partial charge in [0.05, 0.1) is 5.92 Å². The second kappa shape index (κ2) is 7.81. The van der Waals surface area contributed by atoms with E-state index in [1.54, 1.807) is 0 Å². The normalized spacial score (nSPS) is 11.6. The molecule has 0 saturated heterocycles. The Morgan fingerprint density at radius 2 is 1.28 bits per heavy atom. The van der Waals surface area contributed by atoms with Crippen LogP contribution in [-0.2, 0) is 0 Å². The highest BCUT2D eigenvalue weighted by atomic mass is 32.1. The summed E-state index contributed by atoms with van der Waals surface area (Å²) in [5, 5.41) is 14.6. The molecule has 3 aromatic carbocycles. The molecule has 140 valence electrons. The molecular formula is C24H18N4S. The van der Waals surface area contributed by atoms with Crippen LogP contribution in [0.15, 0.2) is 91.0 Å². The second-order valence-corrected chi connectivity index (χ2v) is 7.68. The minimum Gasteiger partial charge on any atom is -0.186 e. The molecule has 0 unspecified atom stereocenters. The Bertz CT molecular complexity index is 1200. The van der Waals surface area contributed by atoms with E-state index in [1.807, 2.05) is 40.9 Å². The van der Waals surface area contributed by atoms with Crippen LogP contribution in [0.4, 0.5) is 0 Å². The first kappa shape index (κ1) is 17.5. The molecule has 0 fully saturated rings. The van der Waals surface area contributed by atoms with Crippen molar-refractivity contribution in [1.82, 2.24) is 19.8 Å². The van der Waals surface area contributed by atoms with Gasteiger partial charge < -0.3 is 0 Å². The average Bonchev–Trinajstić information content (AvgIpc) is 3.36. The Balaban J connectivity index is 1.57. The fraction of sp³-hybridized carbons (Fsp3) is 0.0417. The summed E-state index contributed by atoms with van der Waals surface area (Å²) in [6.45, 7) is 0. The standard InChI is InChI=1S/C24H18N4S/c1-4-10-18(11-5-1)16-17-21-27-28-23(25-26-24(28)29-21)22(19-12-6-2-7-13-19)20-14-8-3-9-15-20/h1-17,22H/b17-16+. The van der Waals surface area contributed by atoms with Crippen molar-refractivity contribution in [2.45, 2.75) is 5.92 Å². The molecule has 0 N–H and O–H groups in total. The third-order valence-corrected chi connectivity index (χ3v) is 5.64. The number of rotatable bonds is 5. The van der Waals surface area contributed by atoms with Gasteiger partial charge in [-0.05, 0) is 22.8 Å². The van der Waals surface area contributed by atoms with Crippen LogP contribution in [0.3, 0.4) is 0 Å². The predicted molar refractivity (Wildman–Crippen MR) is 118 cm³/mol. The first-order chi connectivity index (χ1) is 14.4. The summed E-state index contributed by atoms with van der Waals surface area (Å²) < 4.78 is 1.88. The lowest BCUT2D eigenvalue weighted by Crippen LogP contribution is -2.08. The van der Waals surface area contributed by atoms with Crippen molar-refractivity contribution in [2.75, 3.05) is 0 Å². The first-order valence-corrected chi connectivity index (χ1v) is 10.3. The Kier molecular flexibility index (Phi) is 4.72. The quantitative estimate of drug-likeness (QED) is 0.393. The highest BCUT2D eigenvalue weighted by molar-refractivity contribution is 7.17. The molecule has 5 rings (SSSR count). The lowest BCUT2D eigenvalue weighted by Gasteiger charge is -2.15. The molecular weight excluding hydrogens is 376 g/mol. The van der Waals surface area contributed by atoms with Crippen molar-refractivity contribution in [2.24, 2.45) is 0 Å². The molecule has 4 nitrogen and oxygen atoms in total. The van der Waals surface area contributed by atoms with Crippen LogP contribution in [-0.4, -0.2) is 19.8 Å². The monoisotopic (exact) mass is 394 g/mol. The SMILES string of the molecule is C(=C\c1nn2c(C(c3ccccc3)c3ccccc3)nnc2s1)/c1ccccc1. The van der Waals surface area contributed by atoms with Crippen LogP contribution < -0.4 is 0 Å². The van der Waals surface area contributed by atoms with Gasteiger partial charge in [0.1, 0.15) is 5.01 Å². The van der Waals surface area contributed by atoms with Crippen LogP contribution in [0.25, 0.3) is 17.1 Å². The minimum atomic E-state index is -0.0274. The topological polar surface area (TPSA) is 43.1 Å². The van der Waals surface area contributed by atoms with Crippen molar-refractivity contribution in [3.05, 3.63) is 119 Å². The zero-order valence-corrected chi connectivity index (χ0v) is 16.4. The third-order valence-electron chi connectivity index (χ3n) is 4.77. The van der Waals surface area contributed by atoms with Gasteiger partial charge in [-0.15, -0.1) is 10.2 Å². The van der Waals surface area contributed by atoms with Crippen molar-refractivity contribution < 1.29 is 0 Å². The largest absolute Gasteiger partial charge is 0.234 e. The molecule has 2 heterocycles. The molecule has 0 atom stereocenters. The Labute approximate surface area is 172 Å². The summed E-state index contributed by atoms with van der Waals surface area (Å²) in [7, 11) is 0. The lowest BCUT2D eigenvalue weighted by atomic mass is 9.91. The van der Waals surface area contributed by atoms with E-state index in [2.05, 4.69) is 76.9 Å². The average molecular weight is 395 g/mol. The minimum absolute atomic E-state index is 0.0274. The van der Waals surface area contributed by atoms with Crippen LogP contribution in [0.5, 0.6) is 0 Å². The maximum Gasteiger partial charge on any atom is 0.234 e. The van der Waals surface area contributed by atoms with E-state index >= 15 is 0 Å². The highest BCUT2D eigenvalue weighted by Gasteiger charge is 2.24. The summed E-state index contributed by atoms with van der Waals surface area (Å²) in [6.07, 6.45) is 4.09. The molecule has 0 bridgehead atoms. The predicted octanol–water partition coefficient (Wildman–Crippen LogP) is 5.54. The molecule has 0 radical (unpaired) electrons. The number of benzene rings is 3. The fourth-order valence-electron chi connectivity index (χ4n) is 3.41. The number of fused-ring (bicyclic) bond motifs is 1. The zero-order valence-electron chi connectivity index (χ0n) is 15.6. The summed E-state index contributed by atoms with van der Waals surface area (Å²) in [6, 6.07) is 31.0. The third kappa shape index (κ3) is 3.60. The highest BCUT2D eigenvalue weighted by Crippen LogP contribution is 2.31. The van der Waals surface area contributed by atoms with Gasteiger partial charge in [0.2, 0.25) is 4.96 Å². The molecule has 0 saturated carbocycles. The molecule has 0 aliphatic rings. The summed E-state index contributed by atoms with van der Waals surface area (Å²) in [4.78, 5) is 0.796. The van der Waals surface area contributed by atoms with Crippen molar-refractivity contribution >= 4 is 28.4 Å². The number of aromatic nitrogens is 4. The number of nitrogens with zero attached hydrogens (tertiary/aromatic N) is 4. The Morgan fingerprint density at radius 3 is 1.90 bits per heavy atom. The van der Waals surface area contributed by atoms with Crippen LogP contribution in [0.1, 0.15) is 33.4 Å². The van der Waals surface area contributed by atoms with E-state index in [0.29, 0.717) is 0 Å². The second-order valence-electron chi connectivity index (χ2n) is 6.69. The van der Waals surface area contributed by atoms with Gasteiger partial charge in [-0.1, -0.05) is 108 Å². The van der Waals surface area contributed by atoms with Crippen molar-refractivity contribution in [1.29, 1.82) is 0 Å². The summed E-state index contributed by atoms with van der Waals surface area (Å²) in [5.74, 6) is 0.800. The van der Waals surface area contributed by atoms with E-state index in [0.717, 1.165) is 21.4 Å². The van der Waals surface area contributed by atoms with Crippen LogP contribution in [0.2, 0.25) is 0 Å². The van der Waals surface area contributed by atoms with E-state index in [1.165, 1.54) is 22.5 Å². The summed E-state index contributed by atoms with van der Waals surface area (Å²) in [5.41, 5.74) is 3.48. The van der Waals surface area contributed by atoms with Gasteiger partial charge in [0.15, 0.2) is 5.82 Å². The molecule has 0 aliphatic heterocycles. The van der Waals surface area contributed by atoms with Gasteiger partial charge in [0, 0.05) is 0 Å². The van der Waals surface area contributed by atoms with Gasteiger partial charge in [-0.2, -0.15) is 9.61 Å². The first-order valence-electron chi connectivity index (χ1n) is 9.44. The lowest BCUT2D eigenvalue weighted by molar-refractivity contribution is 0.782. The van der Waals surface area contributed by atoms with E-state index in [9.17, 15) is 0 Å². The van der Waals surface area contributed by atoms with Crippen molar-refractivity contribution in [3.63, 3.8) is 0 Å². The van der Waals surface area contributed by atoms with Gasteiger partial charge in [-0.25, -0.2) is 0 Å². The van der Waals surface area contributed by atoms with Gasteiger partial charge in [0.25, 0.3) is 0 Å². The molecule has 5 heteroatoms. The van der Waals surface area contributed by atoms with Gasteiger partial charge in [-0.3, -0.25) is 0 Å². The smallest absolute Gasteiger partial charge is 0.186 e. The van der Waals surface area contributed by atoms with Crippen LogP contribution in [0, 0.1) is 0 Å². The number of hydrogen-bond acceptors (Lipinski definition) is 4. The molecule has 5 aromatic rings.